The molecule has 2 aromatic rings. The van der Waals surface area contributed by atoms with Gasteiger partial charge in [-0.3, -0.25) is 19.2 Å². The highest BCUT2D eigenvalue weighted by atomic mass is 79.9. The molecule has 0 saturated carbocycles. The van der Waals surface area contributed by atoms with Gasteiger partial charge in [-0.1, -0.05) is 95.0 Å². The van der Waals surface area contributed by atoms with E-state index in [1.165, 1.54) is 0 Å². The highest BCUT2D eigenvalue weighted by Gasteiger charge is 2.75. The first kappa shape index (κ1) is 35.3. The number of aryl methyl sites for hydroxylation is 1. The Hall–Kier alpha value is -3.51. The number of ether oxygens (including phenoxy) is 2. The van der Waals surface area contributed by atoms with Crippen LogP contribution >= 0.6 is 27.5 Å². The Morgan fingerprint density at radius 1 is 1.00 bits per heavy atom. The Morgan fingerprint density at radius 2 is 1.78 bits per heavy atom. The lowest BCUT2D eigenvalue weighted by Gasteiger charge is -2.36. The molecule has 12 heteroatoms. The molecule has 0 radical (unpaired) electrons. The minimum Gasteiger partial charge on any atom is -0.455 e. The summed E-state index contributed by atoms with van der Waals surface area (Å²) in [6.07, 6.45) is 7.22. The minimum absolute atomic E-state index is 0.0535. The first-order valence-corrected chi connectivity index (χ1v) is 18.1. The van der Waals surface area contributed by atoms with Crippen molar-refractivity contribution in [3.63, 3.8) is 0 Å². The highest BCUT2D eigenvalue weighted by Crippen LogP contribution is 2.59. The number of cyclic esters (lactones) is 1. The minimum atomic E-state index is -1.44. The van der Waals surface area contributed by atoms with Gasteiger partial charge in [-0.05, 0) is 49.5 Å². The number of nitrogens with one attached hydrogen (secondary N) is 1. The number of hydrogen-bond acceptors (Lipinski definition) is 7. The Bertz CT molecular complexity index is 1630. The SMILES string of the molecule is Cc1cccc(Cl)c1N1C/C=C\CCC(=O)NC[C@@H](c2ccccc2)OC(=O)[C@@H]2[C@H]3O[C@@]4(C=C3Br)[C@H](C1=O)N(CCCCCCO)C(=O)[C@@H]24. The molecule has 2 saturated heterocycles. The highest BCUT2D eigenvalue weighted by molar-refractivity contribution is 9.11. The van der Waals surface area contributed by atoms with E-state index in [-0.39, 0.29) is 50.4 Å². The van der Waals surface area contributed by atoms with E-state index in [2.05, 4.69) is 21.2 Å². The number of halogens is 2. The third kappa shape index (κ3) is 6.82. The van der Waals surface area contributed by atoms with E-state index in [1.807, 2.05) is 61.5 Å². The quantitative estimate of drug-likeness (QED) is 0.217. The van der Waals surface area contributed by atoms with Crippen LogP contribution in [0.2, 0.25) is 5.02 Å². The molecule has 6 atom stereocenters. The molecule has 2 fully saturated rings. The average Bonchev–Trinajstić information content (AvgIpc) is 3.68. The number of hydrogen-bond donors (Lipinski definition) is 2. The molecular formula is C37H41BrClN3O7. The summed E-state index contributed by atoms with van der Waals surface area (Å²) in [7, 11) is 0. The number of aliphatic hydroxyl groups excluding tert-OH is 1. The number of para-hydroxylation sites is 1. The molecule has 0 aliphatic carbocycles. The summed E-state index contributed by atoms with van der Waals surface area (Å²) in [5, 5.41) is 12.6. The normalized spacial score (nSPS) is 29.5. The van der Waals surface area contributed by atoms with Crippen LogP contribution in [0.5, 0.6) is 0 Å². The molecule has 6 rings (SSSR count). The second kappa shape index (κ2) is 15.2. The van der Waals surface area contributed by atoms with E-state index < -0.39 is 41.7 Å². The van der Waals surface area contributed by atoms with Crippen molar-refractivity contribution < 1.29 is 33.8 Å². The zero-order valence-corrected chi connectivity index (χ0v) is 29.7. The van der Waals surface area contributed by atoms with Crippen molar-refractivity contribution in [2.24, 2.45) is 11.8 Å². The molecule has 0 unspecified atom stereocenters. The molecule has 4 aliphatic heterocycles. The molecular weight excluding hydrogens is 714 g/mol. The van der Waals surface area contributed by atoms with Crippen LogP contribution in [-0.4, -0.2) is 77.7 Å². The van der Waals surface area contributed by atoms with Crippen molar-refractivity contribution in [1.29, 1.82) is 0 Å². The van der Waals surface area contributed by atoms with Gasteiger partial charge in [0.25, 0.3) is 5.91 Å². The monoisotopic (exact) mass is 753 g/mol. The lowest BCUT2D eigenvalue weighted by Crippen LogP contribution is -2.56. The molecule has 5 bridgehead atoms. The fraction of sp³-hybridized carbons (Fsp3) is 0.459. The standard InChI is InChI=1S/C37H41BrClN3O7/c1-23-13-12-16-26(39)31(23)41-18-10-5-8-17-28(44)40-22-27(24-14-6-4-7-15-24)48-36(47)29-30-34(45)42(19-9-2-3-11-20-43)33(35(41)46)37(30)21-25(38)32(29)49-37/h4-7,10,12-16,21,27,29-30,32-33,43H,2-3,8-9,11,17-20,22H2,1H3,(H,40,44)/b10-5-/t27-,29-,30+,32-,33-,37+/m0/s1. The zero-order valence-electron chi connectivity index (χ0n) is 27.4. The van der Waals surface area contributed by atoms with Crippen LogP contribution in [-0.2, 0) is 28.7 Å². The topological polar surface area (TPSA) is 125 Å². The molecule has 4 aliphatic rings. The van der Waals surface area contributed by atoms with E-state index in [0.717, 1.165) is 18.4 Å². The fourth-order valence-corrected chi connectivity index (χ4v) is 8.64. The predicted octanol–water partition coefficient (Wildman–Crippen LogP) is 5.16. The smallest absolute Gasteiger partial charge is 0.313 e. The fourth-order valence-electron chi connectivity index (χ4n) is 7.58. The van der Waals surface area contributed by atoms with Crippen LogP contribution in [0.15, 0.2) is 71.2 Å². The number of unbranched alkanes of at least 4 members (excludes halogenated alkanes) is 3. The molecule has 2 N–H and O–H groups in total. The Morgan fingerprint density at radius 3 is 2.53 bits per heavy atom. The summed E-state index contributed by atoms with van der Waals surface area (Å²) in [6.45, 7) is 2.41. The molecule has 3 amide bonds. The molecule has 260 valence electrons. The molecule has 0 aromatic heterocycles. The summed E-state index contributed by atoms with van der Waals surface area (Å²) in [6, 6.07) is 13.5. The van der Waals surface area contributed by atoms with Gasteiger partial charge in [-0.15, -0.1) is 0 Å². The number of esters is 1. The van der Waals surface area contributed by atoms with Crippen molar-refractivity contribution in [1.82, 2.24) is 10.2 Å². The molecule has 1 spiro atoms. The van der Waals surface area contributed by atoms with Crippen LogP contribution in [0.3, 0.4) is 0 Å². The van der Waals surface area contributed by atoms with Gasteiger partial charge in [-0.2, -0.15) is 0 Å². The van der Waals surface area contributed by atoms with Gasteiger partial charge >= 0.3 is 5.97 Å². The summed E-state index contributed by atoms with van der Waals surface area (Å²) < 4.78 is 13.4. The third-order valence-electron chi connectivity index (χ3n) is 9.87. The van der Waals surface area contributed by atoms with Crippen molar-refractivity contribution in [3.8, 4) is 0 Å². The lowest BCUT2D eigenvalue weighted by molar-refractivity contribution is -0.159. The number of anilines is 1. The predicted molar refractivity (Wildman–Crippen MR) is 188 cm³/mol. The van der Waals surface area contributed by atoms with Gasteiger partial charge in [0, 0.05) is 30.6 Å². The second-order valence-electron chi connectivity index (χ2n) is 13.0. The number of carbonyl (C=O) groups is 4. The first-order chi connectivity index (χ1) is 23.7. The van der Waals surface area contributed by atoms with Gasteiger partial charge in [0.05, 0.1) is 23.2 Å². The maximum atomic E-state index is 15.1. The Labute approximate surface area is 299 Å². The Balaban J connectivity index is 1.44. The van der Waals surface area contributed by atoms with E-state index in [1.54, 1.807) is 21.9 Å². The number of rotatable bonds is 8. The zero-order chi connectivity index (χ0) is 34.7. The van der Waals surface area contributed by atoms with Gasteiger partial charge < -0.3 is 29.7 Å². The first-order valence-electron chi connectivity index (χ1n) is 16.9. The lowest BCUT2D eigenvalue weighted by atomic mass is 9.74. The van der Waals surface area contributed by atoms with Crippen molar-refractivity contribution in [2.75, 3.05) is 31.1 Å². The number of amides is 3. The number of aliphatic hydroxyl groups is 1. The van der Waals surface area contributed by atoms with Gasteiger partial charge in [0.15, 0.2) is 0 Å². The molecule has 2 aromatic carbocycles. The molecule has 4 heterocycles. The van der Waals surface area contributed by atoms with E-state index in [0.29, 0.717) is 40.0 Å². The van der Waals surface area contributed by atoms with E-state index >= 15 is 4.79 Å². The van der Waals surface area contributed by atoms with Crippen LogP contribution in [0.4, 0.5) is 5.69 Å². The number of benzene rings is 2. The number of allylic oxidation sites excluding steroid dienone is 1. The maximum Gasteiger partial charge on any atom is 0.313 e. The number of fused-ring (bicyclic) bond motifs is 2. The van der Waals surface area contributed by atoms with Gasteiger partial charge in [0.2, 0.25) is 11.8 Å². The summed E-state index contributed by atoms with van der Waals surface area (Å²) in [5.41, 5.74) is 0.550. The average molecular weight is 755 g/mol. The van der Waals surface area contributed by atoms with Crippen molar-refractivity contribution in [3.05, 3.63) is 87.4 Å². The second-order valence-corrected chi connectivity index (χ2v) is 14.3. The van der Waals surface area contributed by atoms with Gasteiger partial charge in [-0.25, -0.2) is 0 Å². The van der Waals surface area contributed by atoms with Crippen LogP contribution in [0.25, 0.3) is 0 Å². The number of carbonyl (C=O) groups excluding carboxylic acids is 4. The van der Waals surface area contributed by atoms with Crippen molar-refractivity contribution >= 4 is 56.9 Å². The van der Waals surface area contributed by atoms with Gasteiger partial charge in [0.1, 0.15) is 29.8 Å². The van der Waals surface area contributed by atoms with E-state index in [9.17, 15) is 19.5 Å². The number of likely N-dealkylation sites (tertiary alicyclic amines) is 1. The maximum absolute atomic E-state index is 15.1. The summed E-state index contributed by atoms with van der Waals surface area (Å²) in [5.74, 6) is -3.63. The van der Waals surface area contributed by atoms with Crippen LogP contribution < -0.4 is 10.2 Å². The van der Waals surface area contributed by atoms with E-state index in [4.69, 9.17) is 21.1 Å². The largest absolute Gasteiger partial charge is 0.455 e. The molecule has 49 heavy (non-hydrogen) atoms. The Kier molecular flexibility index (Phi) is 10.9. The van der Waals surface area contributed by atoms with Crippen LogP contribution in [0.1, 0.15) is 55.8 Å². The number of nitrogens with zero attached hydrogens (tertiary/aromatic N) is 2. The third-order valence-corrected chi connectivity index (χ3v) is 10.9. The molecule has 10 nitrogen and oxygen atoms in total. The van der Waals surface area contributed by atoms with Crippen molar-refractivity contribution in [2.45, 2.75) is 69.3 Å². The van der Waals surface area contributed by atoms with Crippen LogP contribution in [0, 0.1) is 18.8 Å². The summed E-state index contributed by atoms with van der Waals surface area (Å²) >= 11 is 10.4. The summed E-state index contributed by atoms with van der Waals surface area (Å²) in [4.78, 5) is 60.0.